The molecule has 0 bridgehead atoms. The first-order chi connectivity index (χ1) is 8.18. The number of nitrogens with zero attached hydrogens (tertiary/aromatic N) is 2. The number of hydrogen-bond donors (Lipinski definition) is 0. The highest BCUT2D eigenvalue weighted by atomic mass is 16.5. The van der Waals surface area contributed by atoms with Gasteiger partial charge in [0.25, 0.3) is 0 Å². The lowest BCUT2D eigenvalue weighted by atomic mass is 10.00. The van der Waals surface area contributed by atoms with Crippen LogP contribution in [0.5, 0.6) is 0 Å². The molecule has 0 spiro atoms. The topological polar surface area (TPSA) is 15.7 Å². The second-order valence-corrected chi connectivity index (χ2v) is 4.90. The molecule has 2 saturated heterocycles. The summed E-state index contributed by atoms with van der Waals surface area (Å²) in [6.45, 7) is 13.0. The van der Waals surface area contributed by atoms with Crippen LogP contribution in [0.4, 0.5) is 0 Å². The zero-order chi connectivity index (χ0) is 13.1. The summed E-state index contributed by atoms with van der Waals surface area (Å²) in [6, 6.07) is 0. The van der Waals surface area contributed by atoms with Crippen molar-refractivity contribution in [1.82, 2.24) is 9.80 Å². The van der Waals surface area contributed by atoms with Gasteiger partial charge in [0.15, 0.2) is 0 Å². The second-order valence-electron chi connectivity index (χ2n) is 4.90. The fourth-order valence-corrected chi connectivity index (χ4v) is 1.79. The number of likely N-dealkylation sites (N-methyl/N-ethyl adjacent to an activating group) is 1. The van der Waals surface area contributed by atoms with Crippen molar-refractivity contribution in [3.05, 3.63) is 0 Å². The smallest absolute Gasteiger partial charge is 0.0594 e. The summed E-state index contributed by atoms with van der Waals surface area (Å²) >= 11 is 0. The average molecular weight is 244 g/mol. The van der Waals surface area contributed by atoms with Gasteiger partial charge in [0.2, 0.25) is 0 Å². The maximum Gasteiger partial charge on any atom is 0.0594 e. The Bertz CT molecular complexity index is 140. The van der Waals surface area contributed by atoms with E-state index in [1.807, 2.05) is 13.8 Å². The van der Waals surface area contributed by atoms with E-state index in [4.69, 9.17) is 4.74 Å². The molecule has 2 rings (SSSR count). The third-order valence-electron chi connectivity index (χ3n) is 3.24. The standard InChI is InChI=1S/C7H15N.C5H11NO.C2H6/c1-7-3-5-8(2)6-4-7;1-6-2-4-7-5-3-6;1-2/h7H,3-6H2,1-2H3;2-5H2,1H3;1-2H3. The third-order valence-corrected chi connectivity index (χ3v) is 3.24. The van der Waals surface area contributed by atoms with Crippen LogP contribution >= 0.6 is 0 Å². The zero-order valence-corrected chi connectivity index (χ0v) is 12.5. The minimum absolute atomic E-state index is 0.913. The summed E-state index contributed by atoms with van der Waals surface area (Å²) in [6.07, 6.45) is 2.80. The number of morpholine rings is 1. The highest BCUT2D eigenvalue weighted by Gasteiger charge is 2.10. The molecule has 0 N–H and O–H groups in total. The van der Waals surface area contributed by atoms with Crippen LogP contribution in [-0.2, 0) is 4.74 Å². The van der Waals surface area contributed by atoms with E-state index >= 15 is 0 Å². The van der Waals surface area contributed by atoms with E-state index in [-0.39, 0.29) is 0 Å². The van der Waals surface area contributed by atoms with Crippen LogP contribution in [0.2, 0.25) is 0 Å². The minimum atomic E-state index is 0.913. The SMILES string of the molecule is CC.CC1CCN(C)CC1.CN1CCOCC1. The molecule has 0 radical (unpaired) electrons. The molecule has 0 amide bonds. The van der Waals surface area contributed by atoms with Gasteiger partial charge in [-0.15, -0.1) is 0 Å². The lowest BCUT2D eigenvalue weighted by Crippen LogP contribution is -2.32. The van der Waals surface area contributed by atoms with Crippen LogP contribution in [0.1, 0.15) is 33.6 Å². The molecule has 0 atom stereocenters. The monoisotopic (exact) mass is 244 g/mol. The molecule has 17 heavy (non-hydrogen) atoms. The summed E-state index contributed by atoms with van der Waals surface area (Å²) in [4.78, 5) is 4.67. The molecule has 2 aliphatic heterocycles. The van der Waals surface area contributed by atoms with Gasteiger partial charge in [0.05, 0.1) is 13.2 Å². The molecular formula is C14H32N2O. The van der Waals surface area contributed by atoms with Crippen molar-refractivity contribution in [3.8, 4) is 0 Å². The average Bonchev–Trinajstić information content (AvgIpc) is 2.37. The Balaban J connectivity index is 0.000000265. The van der Waals surface area contributed by atoms with E-state index < -0.39 is 0 Å². The van der Waals surface area contributed by atoms with E-state index in [0.717, 1.165) is 32.2 Å². The van der Waals surface area contributed by atoms with Crippen LogP contribution in [0, 0.1) is 5.92 Å². The van der Waals surface area contributed by atoms with Gasteiger partial charge < -0.3 is 14.5 Å². The first kappa shape index (κ1) is 16.9. The molecule has 2 heterocycles. The van der Waals surface area contributed by atoms with Gasteiger partial charge in [-0.25, -0.2) is 0 Å². The molecule has 104 valence electrons. The van der Waals surface area contributed by atoms with Crippen molar-refractivity contribution in [2.24, 2.45) is 5.92 Å². The molecule has 3 nitrogen and oxygen atoms in total. The first-order valence-corrected chi connectivity index (χ1v) is 7.13. The lowest BCUT2D eigenvalue weighted by Gasteiger charge is -2.26. The second kappa shape index (κ2) is 11.0. The van der Waals surface area contributed by atoms with Crippen molar-refractivity contribution in [3.63, 3.8) is 0 Å². The van der Waals surface area contributed by atoms with Crippen LogP contribution in [0.3, 0.4) is 0 Å². The molecule has 0 aromatic carbocycles. The van der Waals surface area contributed by atoms with E-state index in [9.17, 15) is 0 Å². The van der Waals surface area contributed by atoms with Gasteiger partial charge in [-0.2, -0.15) is 0 Å². The van der Waals surface area contributed by atoms with Crippen molar-refractivity contribution < 1.29 is 4.74 Å². The van der Waals surface area contributed by atoms with Crippen LogP contribution in [0.15, 0.2) is 0 Å². The van der Waals surface area contributed by atoms with E-state index in [0.29, 0.717) is 0 Å². The fourth-order valence-electron chi connectivity index (χ4n) is 1.79. The van der Waals surface area contributed by atoms with E-state index in [1.54, 1.807) is 0 Å². The molecular weight excluding hydrogens is 212 g/mol. The third kappa shape index (κ3) is 9.57. The Morgan fingerprint density at radius 3 is 1.53 bits per heavy atom. The molecule has 0 unspecified atom stereocenters. The van der Waals surface area contributed by atoms with Crippen molar-refractivity contribution in [1.29, 1.82) is 0 Å². The van der Waals surface area contributed by atoms with Crippen molar-refractivity contribution >= 4 is 0 Å². The quantitative estimate of drug-likeness (QED) is 0.650. The van der Waals surface area contributed by atoms with E-state index in [2.05, 4.69) is 30.8 Å². The normalized spacial score (nSPS) is 23.1. The van der Waals surface area contributed by atoms with Crippen LogP contribution in [-0.4, -0.2) is 63.3 Å². The molecule has 2 fully saturated rings. The van der Waals surface area contributed by atoms with Crippen molar-refractivity contribution in [2.45, 2.75) is 33.6 Å². The van der Waals surface area contributed by atoms with Gasteiger partial charge in [0, 0.05) is 13.1 Å². The predicted octanol–water partition coefficient (Wildman–Crippen LogP) is 2.32. The number of rotatable bonds is 0. The van der Waals surface area contributed by atoms with Gasteiger partial charge in [0.1, 0.15) is 0 Å². The van der Waals surface area contributed by atoms with Crippen molar-refractivity contribution in [2.75, 3.05) is 53.5 Å². The summed E-state index contributed by atoms with van der Waals surface area (Å²) in [7, 11) is 4.31. The Morgan fingerprint density at radius 1 is 0.824 bits per heavy atom. The maximum atomic E-state index is 5.10. The molecule has 3 heteroatoms. The van der Waals surface area contributed by atoms with Gasteiger partial charge in [-0.05, 0) is 45.9 Å². The molecule has 0 aromatic heterocycles. The number of hydrogen-bond acceptors (Lipinski definition) is 3. The Morgan fingerprint density at radius 2 is 1.24 bits per heavy atom. The summed E-state index contributed by atoms with van der Waals surface area (Å²) in [5.41, 5.74) is 0. The number of piperidine rings is 1. The zero-order valence-electron chi connectivity index (χ0n) is 12.5. The highest BCUT2D eigenvalue weighted by Crippen LogP contribution is 2.13. The summed E-state index contributed by atoms with van der Waals surface area (Å²) in [5, 5.41) is 0. The first-order valence-electron chi connectivity index (χ1n) is 7.13. The van der Waals surface area contributed by atoms with E-state index in [1.165, 1.54) is 25.9 Å². The Labute approximate surface area is 108 Å². The summed E-state index contributed by atoms with van der Waals surface area (Å²) < 4.78 is 5.10. The minimum Gasteiger partial charge on any atom is -0.379 e. The summed E-state index contributed by atoms with van der Waals surface area (Å²) in [5.74, 6) is 0.978. The van der Waals surface area contributed by atoms with Crippen LogP contribution < -0.4 is 0 Å². The van der Waals surface area contributed by atoms with Gasteiger partial charge in [-0.1, -0.05) is 20.8 Å². The van der Waals surface area contributed by atoms with Crippen LogP contribution in [0.25, 0.3) is 0 Å². The largest absolute Gasteiger partial charge is 0.379 e. The predicted molar refractivity (Wildman–Crippen MR) is 75.6 cm³/mol. The molecule has 0 aliphatic carbocycles. The number of likely N-dealkylation sites (tertiary alicyclic amines) is 1. The molecule has 0 aromatic rings. The fraction of sp³-hybridized carbons (Fsp3) is 1.00. The van der Waals surface area contributed by atoms with Gasteiger partial charge >= 0.3 is 0 Å². The van der Waals surface area contributed by atoms with Gasteiger partial charge in [-0.3, -0.25) is 0 Å². The Hall–Kier alpha value is -0.120. The maximum absolute atomic E-state index is 5.10. The Kier molecular flexibility index (Phi) is 10.9. The number of ether oxygens (including phenoxy) is 1. The lowest BCUT2D eigenvalue weighted by molar-refractivity contribution is 0.0503. The molecule has 0 saturated carbocycles. The molecule has 2 aliphatic rings. The highest BCUT2D eigenvalue weighted by molar-refractivity contribution is 4.65.